The predicted molar refractivity (Wildman–Crippen MR) is 34.2 cm³/mol. The van der Waals surface area contributed by atoms with Gasteiger partial charge in [-0.2, -0.15) is 0 Å². The van der Waals surface area contributed by atoms with E-state index < -0.39 is 9.04 Å². The molecule has 0 radical (unpaired) electrons. The van der Waals surface area contributed by atoms with E-state index in [1.807, 2.05) is 0 Å². The third-order valence-electron chi connectivity index (χ3n) is 1.48. The van der Waals surface area contributed by atoms with E-state index in [-0.39, 0.29) is 0 Å². The summed E-state index contributed by atoms with van der Waals surface area (Å²) in [7, 11) is -1.05. The van der Waals surface area contributed by atoms with Crippen LogP contribution in [-0.4, -0.2) is 27.0 Å². The topological polar surface area (TPSA) is 29.5 Å². The summed E-state index contributed by atoms with van der Waals surface area (Å²) in [5, 5.41) is 8.63. The van der Waals surface area contributed by atoms with Gasteiger partial charge in [0, 0.05) is 6.61 Å². The van der Waals surface area contributed by atoms with E-state index in [0.29, 0.717) is 6.23 Å². The van der Waals surface area contributed by atoms with Crippen molar-refractivity contribution >= 4 is 9.04 Å². The molecule has 0 aromatic rings. The fourth-order valence-electron chi connectivity index (χ4n) is 0.951. The lowest BCUT2D eigenvalue weighted by atomic mass is 10.4. The molecule has 1 atom stereocenters. The highest BCUT2D eigenvalue weighted by molar-refractivity contribution is 6.51. The van der Waals surface area contributed by atoms with Gasteiger partial charge in [-0.05, 0) is 12.5 Å². The van der Waals surface area contributed by atoms with Crippen LogP contribution in [0.4, 0.5) is 0 Å². The number of hydrogen-bond donors (Lipinski definition) is 1. The van der Waals surface area contributed by atoms with Crippen molar-refractivity contribution in [3.05, 3.63) is 0 Å². The minimum atomic E-state index is -1.05. The van der Waals surface area contributed by atoms with Crippen LogP contribution >= 0.6 is 0 Å². The van der Waals surface area contributed by atoms with Crippen LogP contribution in [0, 0.1) is 0 Å². The third kappa shape index (κ3) is 1.58. The summed E-state index contributed by atoms with van der Waals surface area (Å²) in [5.74, 6) is 0. The maximum Gasteiger partial charge on any atom is 0.201 e. The van der Waals surface area contributed by atoms with Crippen LogP contribution in [0.3, 0.4) is 0 Å². The monoisotopic (exact) mass is 132 g/mol. The van der Waals surface area contributed by atoms with Crippen molar-refractivity contribution in [1.29, 1.82) is 0 Å². The van der Waals surface area contributed by atoms with Gasteiger partial charge in [0.15, 0.2) is 0 Å². The van der Waals surface area contributed by atoms with Gasteiger partial charge in [0.1, 0.15) is 0 Å². The van der Waals surface area contributed by atoms with Gasteiger partial charge in [-0.1, -0.05) is 6.42 Å². The van der Waals surface area contributed by atoms with Gasteiger partial charge in [0.25, 0.3) is 0 Å². The van der Waals surface area contributed by atoms with E-state index in [0.717, 1.165) is 6.61 Å². The summed E-state index contributed by atoms with van der Waals surface area (Å²) < 4.78 is 5.32. The second-order valence-electron chi connectivity index (χ2n) is 2.17. The molecule has 1 aliphatic rings. The van der Waals surface area contributed by atoms with E-state index in [1.165, 1.54) is 18.9 Å². The summed E-state index contributed by atoms with van der Waals surface area (Å²) in [6, 6.07) is 1.18. The van der Waals surface area contributed by atoms with Crippen LogP contribution in [0.25, 0.3) is 0 Å². The first kappa shape index (κ1) is 6.26. The molecule has 1 fully saturated rings. The summed E-state index contributed by atoms with van der Waals surface area (Å²) in [6.07, 6.45) is 2.81. The van der Waals surface area contributed by atoms with Crippen molar-refractivity contribution in [2.45, 2.75) is 18.9 Å². The summed E-state index contributed by atoms with van der Waals surface area (Å²) in [6.45, 7) is 0.900. The van der Waals surface area contributed by atoms with E-state index >= 15 is 0 Å². The lowest BCUT2D eigenvalue weighted by Gasteiger charge is -2.18. The van der Waals surface area contributed by atoms with Crippen LogP contribution < -0.4 is 0 Å². The lowest BCUT2D eigenvalue weighted by molar-refractivity contribution is 0.251. The Morgan fingerprint density at radius 1 is 1.50 bits per heavy atom. The summed E-state index contributed by atoms with van der Waals surface area (Å²) in [4.78, 5) is 0. The van der Waals surface area contributed by atoms with Crippen LogP contribution in [0.15, 0.2) is 0 Å². The van der Waals surface area contributed by atoms with Crippen molar-refractivity contribution in [3.8, 4) is 0 Å². The minimum absolute atomic E-state index is 0.333. The zero-order chi connectivity index (χ0) is 5.82. The highest BCUT2D eigenvalue weighted by atomic mass is 28.3. The molecular weight excluding hydrogens is 120 g/mol. The van der Waals surface area contributed by atoms with Gasteiger partial charge in [-0.15, -0.1) is 0 Å². The molecule has 2 nitrogen and oxygen atoms in total. The predicted octanol–water partition coefficient (Wildman–Crippen LogP) is 0.0521. The number of aliphatic hydroxyl groups excluding tert-OH is 1. The molecule has 1 aliphatic heterocycles. The van der Waals surface area contributed by atoms with Gasteiger partial charge >= 0.3 is 0 Å². The largest absolute Gasteiger partial charge is 0.418 e. The van der Waals surface area contributed by atoms with Gasteiger partial charge in [-0.3, -0.25) is 0 Å². The quantitative estimate of drug-likeness (QED) is 0.511. The Hall–Kier alpha value is 0.137. The molecule has 1 unspecified atom stereocenters. The first-order chi connectivity index (χ1) is 3.93. The van der Waals surface area contributed by atoms with Crippen molar-refractivity contribution in [1.82, 2.24) is 0 Å². The van der Waals surface area contributed by atoms with Crippen LogP contribution in [0.1, 0.15) is 12.8 Å². The van der Waals surface area contributed by atoms with Crippen molar-refractivity contribution in [2.24, 2.45) is 0 Å². The Balaban J connectivity index is 2.13. The molecule has 1 heterocycles. The Bertz CT molecular complexity index is 61.4. The summed E-state index contributed by atoms with van der Waals surface area (Å²) in [5.41, 5.74) is 0. The maximum atomic E-state index is 8.63. The molecule has 1 rings (SSSR count). The fraction of sp³-hybridized carbons (Fsp3) is 1.00. The Kier molecular flexibility index (Phi) is 2.52. The molecule has 1 N–H and O–H groups in total. The molecule has 8 heavy (non-hydrogen) atoms. The molecule has 0 amide bonds. The number of hydrogen-bond acceptors (Lipinski definition) is 2. The minimum Gasteiger partial charge on any atom is -0.418 e. The standard InChI is InChI=1S/C5H12O2Si/c6-5-8-4-2-1-3-7-8/h6,8H,1-5H2. The molecule has 1 saturated heterocycles. The average molecular weight is 132 g/mol. The Labute approximate surface area is 51.2 Å². The lowest BCUT2D eigenvalue weighted by Crippen LogP contribution is -2.27. The molecule has 0 spiro atoms. The van der Waals surface area contributed by atoms with Gasteiger partial charge < -0.3 is 9.53 Å². The molecule has 48 valence electrons. The van der Waals surface area contributed by atoms with E-state index in [2.05, 4.69) is 0 Å². The Morgan fingerprint density at radius 3 is 2.75 bits per heavy atom. The highest BCUT2D eigenvalue weighted by Gasteiger charge is 2.13. The van der Waals surface area contributed by atoms with E-state index in [1.54, 1.807) is 0 Å². The van der Waals surface area contributed by atoms with Crippen molar-refractivity contribution in [3.63, 3.8) is 0 Å². The smallest absolute Gasteiger partial charge is 0.201 e. The van der Waals surface area contributed by atoms with Crippen molar-refractivity contribution in [2.75, 3.05) is 12.8 Å². The number of aliphatic hydroxyl groups is 1. The van der Waals surface area contributed by atoms with Gasteiger partial charge in [-0.25, -0.2) is 0 Å². The molecule has 3 heteroatoms. The van der Waals surface area contributed by atoms with Crippen LogP contribution in [-0.2, 0) is 4.43 Å². The Morgan fingerprint density at radius 2 is 2.38 bits per heavy atom. The van der Waals surface area contributed by atoms with E-state index in [4.69, 9.17) is 9.53 Å². The number of rotatable bonds is 1. The second kappa shape index (κ2) is 3.22. The molecule has 0 bridgehead atoms. The fourth-order valence-corrected chi connectivity index (χ4v) is 2.65. The maximum absolute atomic E-state index is 8.63. The first-order valence-electron chi connectivity index (χ1n) is 3.16. The molecule has 0 aliphatic carbocycles. The van der Waals surface area contributed by atoms with Gasteiger partial charge in [0.2, 0.25) is 9.04 Å². The van der Waals surface area contributed by atoms with Crippen LogP contribution in [0.2, 0.25) is 6.04 Å². The molecule has 0 saturated carbocycles. The van der Waals surface area contributed by atoms with Crippen LogP contribution in [0.5, 0.6) is 0 Å². The van der Waals surface area contributed by atoms with E-state index in [9.17, 15) is 0 Å². The third-order valence-corrected chi connectivity index (χ3v) is 3.64. The SMILES string of the molecule is OC[SiH]1CCCCO1. The zero-order valence-corrected chi connectivity index (χ0v) is 6.12. The average Bonchev–Trinajstić information content (AvgIpc) is 1.90. The first-order valence-corrected chi connectivity index (χ1v) is 5.26. The second-order valence-corrected chi connectivity index (χ2v) is 4.69. The highest BCUT2D eigenvalue weighted by Crippen LogP contribution is 2.09. The molecule has 0 aromatic heterocycles. The zero-order valence-electron chi connectivity index (χ0n) is 4.97. The summed E-state index contributed by atoms with van der Waals surface area (Å²) >= 11 is 0. The normalized spacial score (nSPS) is 30.4. The van der Waals surface area contributed by atoms with Gasteiger partial charge in [0.05, 0.1) is 6.23 Å². The van der Waals surface area contributed by atoms with Crippen molar-refractivity contribution < 1.29 is 9.53 Å². The molecular formula is C5H12O2Si. The molecule has 0 aromatic carbocycles.